The molecule has 0 bridgehead atoms. The van der Waals surface area contributed by atoms with Crippen LogP contribution in [0.1, 0.15) is 120 Å². The molecule has 0 saturated carbocycles. The minimum Gasteiger partial charge on any atom is -0.366 e. The van der Waals surface area contributed by atoms with Crippen molar-refractivity contribution in [1.82, 2.24) is 0 Å². The lowest BCUT2D eigenvalue weighted by atomic mass is 9.96. The van der Waals surface area contributed by atoms with Gasteiger partial charge in [-0.3, -0.25) is 0 Å². The first-order valence-electron chi connectivity index (χ1n) is 13.0. The zero-order valence-electron chi connectivity index (χ0n) is 22.4. The van der Waals surface area contributed by atoms with Crippen LogP contribution in [0, 0.1) is 0 Å². The minimum absolute atomic E-state index is 0.124. The van der Waals surface area contributed by atoms with Crippen LogP contribution >= 0.6 is 0 Å². The number of allylic oxidation sites excluding steroid dienone is 8. The second-order valence-corrected chi connectivity index (χ2v) is 11.2. The summed E-state index contributed by atoms with van der Waals surface area (Å²) in [7, 11) is 0. The Morgan fingerprint density at radius 2 is 0.969 bits per heavy atom. The van der Waals surface area contributed by atoms with E-state index in [1.807, 2.05) is 0 Å². The highest BCUT2D eigenvalue weighted by Gasteiger charge is 2.51. The third kappa shape index (κ3) is 9.79. The maximum Gasteiger partial charge on any atom is 0.0923 e. The van der Waals surface area contributed by atoms with E-state index in [1.165, 1.54) is 22.3 Å². The lowest BCUT2D eigenvalue weighted by Gasteiger charge is -2.05. The predicted molar refractivity (Wildman–Crippen MR) is 139 cm³/mol. The quantitative estimate of drug-likeness (QED) is 0.143. The summed E-state index contributed by atoms with van der Waals surface area (Å²) in [4.78, 5) is 0. The summed E-state index contributed by atoms with van der Waals surface area (Å²) < 4.78 is 12.0. The smallest absolute Gasteiger partial charge is 0.0923 e. The Bertz CT molecular complexity index is 655. The number of unbranched alkanes of at least 4 members (excludes halogenated alkanes) is 1. The van der Waals surface area contributed by atoms with Gasteiger partial charge in [-0.05, 0) is 120 Å². The Labute approximate surface area is 199 Å². The summed E-state index contributed by atoms with van der Waals surface area (Å²) in [5, 5.41) is 0. The van der Waals surface area contributed by atoms with Crippen molar-refractivity contribution >= 4 is 0 Å². The summed E-state index contributed by atoms with van der Waals surface area (Å²) in [6, 6.07) is 0. The van der Waals surface area contributed by atoms with Crippen LogP contribution in [0.25, 0.3) is 0 Å². The second kappa shape index (κ2) is 12.4. The zero-order chi connectivity index (χ0) is 23.8. The largest absolute Gasteiger partial charge is 0.366 e. The normalized spacial score (nSPS) is 29.6. The number of rotatable bonds is 15. The molecule has 2 rings (SSSR count). The SMILES string of the molecule is CC(C)=CCCC1(C)OC1CC/C(C)=C/CC/C=C(\C)CCC1OC1(C)CCC=C(C)C. The Morgan fingerprint density at radius 1 is 0.594 bits per heavy atom. The van der Waals surface area contributed by atoms with Gasteiger partial charge in [0.1, 0.15) is 0 Å². The van der Waals surface area contributed by atoms with Crippen molar-refractivity contribution in [3.05, 3.63) is 46.6 Å². The van der Waals surface area contributed by atoms with Gasteiger partial charge in [0.15, 0.2) is 0 Å². The molecule has 4 unspecified atom stereocenters. The second-order valence-electron chi connectivity index (χ2n) is 11.2. The van der Waals surface area contributed by atoms with Crippen LogP contribution in [0.3, 0.4) is 0 Å². The lowest BCUT2D eigenvalue weighted by Crippen LogP contribution is -2.09. The zero-order valence-corrected chi connectivity index (χ0v) is 22.4. The fourth-order valence-corrected chi connectivity index (χ4v) is 4.63. The standard InChI is InChI=1S/C30H50O2/c1-23(2)13-11-21-29(7)27(31-29)19-17-25(5)15-9-10-16-26(6)18-20-28-30(8,32-28)22-12-14-24(3)4/h13-16,27-28H,9-12,17-22H2,1-8H3/b25-15+,26-16+. The average Bonchev–Trinajstić information content (AvgIpc) is 3.56. The maximum absolute atomic E-state index is 6.01. The molecule has 2 aliphatic heterocycles. The molecule has 2 saturated heterocycles. The number of ether oxygens (including phenoxy) is 2. The number of epoxide rings is 2. The van der Waals surface area contributed by atoms with Gasteiger partial charge >= 0.3 is 0 Å². The summed E-state index contributed by atoms with van der Waals surface area (Å²) in [5.74, 6) is 0. The van der Waals surface area contributed by atoms with Crippen LogP contribution in [0.2, 0.25) is 0 Å². The fraction of sp³-hybridized carbons (Fsp3) is 0.733. The molecule has 0 spiro atoms. The first-order valence-corrected chi connectivity index (χ1v) is 13.0. The Morgan fingerprint density at radius 3 is 1.31 bits per heavy atom. The first kappa shape index (κ1) is 27.1. The minimum atomic E-state index is 0.124. The molecule has 182 valence electrons. The van der Waals surface area contributed by atoms with Gasteiger partial charge in [-0.2, -0.15) is 0 Å². The number of hydrogen-bond acceptors (Lipinski definition) is 2. The molecule has 0 aromatic heterocycles. The van der Waals surface area contributed by atoms with E-state index in [2.05, 4.69) is 79.7 Å². The molecule has 32 heavy (non-hydrogen) atoms. The van der Waals surface area contributed by atoms with E-state index in [9.17, 15) is 0 Å². The summed E-state index contributed by atoms with van der Waals surface area (Å²) in [6.45, 7) is 17.8. The van der Waals surface area contributed by atoms with E-state index in [-0.39, 0.29) is 11.2 Å². The van der Waals surface area contributed by atoms with E-state index >= 15 is 0 Å². The summed E-state index contributed by atoms with van der Waals surface area (Å²) >= 11 is 0. The van der Waals surface area contributed by atoms with Crippen LogP contribution in [0.5, 0.6) is 0 Å². The van der Waals surface area contributed by atoms with Crippen LogP contribution in [-0.4, -0.2) is 23.4 Å². The summed E-state index contributed by atoms with van der Waals surface area (Å²) in [6.07, 6.45) is 21.9. The van der Waals surface area contributed by atoms with E-state index in [0.29, 0.717) is 12.2 Å². The van der Waals surface area contributed by atoms with Crippen molar-refractivity contribution in [2.24, 2.45) is 0 Å². The molecule has 2 heterocycles. The molecule has 0 aromatic rings. The molecular formula is C30H50O2. The monoisotopic (exact) mass is 442 g/mol. The lowest BCUT2D eigenvalue weighted by molar-refractivity contribution is 0.295. The van der Waals surface area contributed by atoms with Crippen molar-refractivity contribution < 1.29 is 9.47 Å². The first-order chi connectivity index (χ1) is 15.0. The van der Waals surface area contributed by atoms with Gasteiger partial charge in [-0.15, -0.1) is 0 Å². The molecule has 2 nitrogen and oxygen atoms in total. The van der Waals surface area contributed by atoms with Crippen molar-refractivity contribution in [2.75, 3.05) is 0 Å². The maximum atomic E-state index is 6.01. The van der Waals surface area contributed by atoms with Gasteiger partial charge in [0.25, 0.3) is 0 Å². The topological polar surface area (TPSA) is 25.1 Å². The molecule has 0 radical (unpaired) electrons. The molecule has 2 fully saturated rings. The Hall–Kier alpha value is -1.12. The van der Waals surface area contributed by atoms with Crippen LogP contribution in [0.15, 0.2) is 46.6 Å². The van der Waals surface area contributed by atoms with E-state index in [0.717, 1.165) is 64.2 Å². The van der Waals surface area contributed by atoms with Gasteiger partial charge in [-0.1, -0.05) is 46.6 Å². The molecule has 0 amide bonds. The Balaban J connectivity index is 1.56. The van der Waals surface area contributed by atoms with Crippen molar-refractivity contribution in [3.8, 4) is 0 Å². The van der Waals surface area contributed by atoms with Crippen LogP contribution in [0.4, 0.5) is 0 Å². The highest BCUT2D eigenvalue weighted by Crippen LogP contribution is 2.44. The fourth-order valence-electron chi connectivity index (χ4n) is 4.63. The molecule has 0 aromatic carbocycles. The van der Waals surface area contributed by atoms with Crippen molar-refractivity contribution in [3.63, 3.8) is 0 Å². The predicted octanol–water partition coefficient (Wildman–Crippen LogP) is 9.03. The third-order valence-corrected chi connectivity index (χ3v) is 7.21. The van der Waals surface area contributed by atoms with Crippen molar-refractivity contribution in [1.29, 1.82) is 0 Å². The third-order valence-electron chi connectivity index (χ3n) is 7.21. The van der Waals surface area contributed by atoms with E-state index in [4.69, 9.17) is 9.47 Å². The highest BCUT2D eigenvalue weighted by atomic mass is 16.6. The van der Waals surface area contributed by atoms with Gasteiger partial charge in [0.2, 0.25) is 0 Å². The van der Waals surface area contributed by atoms with Crippen molar-refractivity contribution in [2.45, 2.75) is 143 Å². The molecule has 2 aliphatic rings. The molecule has 2 heteroatoms. The van der Waals surface area contributed by atoms with E-state index in [1.54, 1.807) is 0 Å². The molecule has 0 aliphatic carbocycles. The Kier molecular flexibility index (Phi) is 10.5. The van der Waals surface area contributed by atoms with Gasteiger partial charge in [-0.25, -0.2) is 0 Å². The average molecular weight is 443 g/mol. The van der Waals surface area contributed by atoms with Gasteiger partial charge in [0.05, 0.1) is 23.4 Å². The highest BCUT2D eigenvalue weighted by molar-refractivity contribution is 5.08. The van der Waals surface area contributed by atoms with Gasteiger partial charge in [0, 0.05) is 0 Å². The van der Waals surface area contributed by atoms with Crippen LogP contribution in [-0.2, 0) is 9.47 Å². The molecule has 4 atom stereocenters. The van der Waals surface area contributed by atoms with Gasteiger partial charge < -0.3 is 9.47 Å². The van der Waals surface area contributed by atoms with Crippen LogP contribution < -0.4 is 0 Å². The summed E-state index contributed by atoms with van der Waals surface area (Å²) in [5.41, 5.74) is 6.08. The van der Waals surface area contributed by atoms with E-state index < -0.39 is 0 Å². The number of hydrogen-bond donors (Lipinski definition) is 0. The molecular weight excluding hydrogens is 392 g/mol. The molecule has 0 N–H and O–H groups in total.